The van der Waals surface area contributed by atoms with Crippen molar-refractivity contribution in [3.63, 3.8) is 0 Å². The molecule has 2 fully saturated rings. The zero-order chi connectivity index (χ0) is 18.6. The van der Waals surface area contributed by atoms with Crippen molar-refractivity contribution in [2.45, 2.75) is 38.6 Å². The van der Waals surface area contributed by atoms with E-state index in [0.29, 0.717) is 56.6 Å². The van der Waals surface area contributed by atoms with Crippen LogP contribution in [0.4, 0.5) is 0 Å². The molecule has 1 aromatic rings. The van der Waals surface area contributed by atoms with Crippen LogP contribution in [0.15, 0.2) is 10.9 Å². The van der Waals surface area contributed by atoms with Gasteiger partial charge in [-0.05, 0) is 44.7 Å². The van der Waals surface area contributed by atoms with Crippen LogP contribution in [0.3, 0.4) is 0 Å². The van der Waals surface area contributed by atoms with Crippen LogP contribution in [0.25, 0.3) is 0 Å². The molecule has 1 aromatic heterocycles. The van der Waals surface area contributed by atoms with Crippen LogP contribution in [0.2, 0.25) is 0 Å². The fraction of sp³-hybridized carbons (Fsp3) is 0.700. The number of ether oxygens (including phenoxy) is 2. The van der Waals surface area contributed by atoms with E-state index in [2.05, 4.69) is 10.2 Å². The Morgan fingerprint density at radius 1 is 1.22 bits per heavy atom. The molecule has 0 radical (unpaired) electrons. The van der Waals surface area contributed by atoms with E-state index in [1.165, 1.54) is 18.9 Å². The molecule has 4 rings (SSSR count). The van der Waals surface area contributed by atoms with Crippen molar-refractivity contribution in [1.82, 2.24) is 14.8 Å². The third-order valence-electron chi connectivity index (χ3n) is 5.63. The van der Waals surface area contributed by atoms with Gasteiger partial charge in [-0.15, -0.1) is 0 Å². The highest BCUT2D eigenvalue weighted by Crippen LogP contribution is 2.31. The van der Waals surface area contributed by atoms with Gasteiger partial charge in [-0.25, -0.2) is 0 Å². The molecule has 7 heteroatoms. The summed E-state index contributed by atoms with van der Waals surface area (Å²) in [6.07, 6.45) is 5.35. The summed E-state index contributed by atoms with van der Waals surface area (Å²) in [5, 5.41) is 3.04. The predicted molar refractivity (Wildman–Crippen MR) is 101 cm³/mol. The van der Waals surface area contributed by atoms with E-state index in [1.807, 2.05) is 0 Å². The second-order valence-electron chi connectivity index (χ2n) is 7.74. The topological polar surface area (TPSA) is 72.8 Å². The number of carbonyl (C=O) groups is 1. The Kier molecular flexibility index (Phi) is 5.78. The molecule has 1 saturated carbocycles. The van der Waals surface area contributed by atoms with Gasteiger partial charge in [0.15, 0.2) is 0 Å². The fourth-order valence-electron chi connectivity index (χ4n) is 3.88. The first-order chi connectivity index (χ1) is 13.2. The van der Waals surface area contributed by atoms with Crippen LogP contribution in [0, 0.1) is 5.92 Å². The number of rotatable bonds is 7. The number of aromatic nitrogens is 1. The van der Waals surface area contributed by atoms with Gasteiger partial charge in [0, 0.05) is 37.8 Å². The maximum absolute atomic E-state index is 13.0. The first-order valence-electron chi connectivity index (χ1n) is 10.2. The summed E-state index contributed by atoms with van der Waals surface area (Å²) < 4.78 is 13.1. The number of nitrogens with zero attached hydrogens (tertiary/aromatic N) is 2. The second kappa shape index (κ2) is 8.44. The molecule has 3 aliphatic rings. The van der Waals surface area contributed by atoms with Crippen molar-refractivity contribution in [3.8, 4) is 5.75 Å². The molecular formula is C20H29N3O4. The summed E-state index contributed by atoms with van der Waals surface area (Å²) >= 11 is 0. The number of carbonyl (C=O) groups excluding carboxylic acids is 1. The molecular weight excluding hydrogens is 346 g/mol. The SMILES string of the molecule is O=C(NCCN1CCCC1)c1c(OCC2CC2)cc(=O)n2c1CCOCC2. The van der Waals surface area contributed by atoms with Crippen LogP contribution < -0.4 is 15.6 Å². The molecule has 0 unspecified atom stereocenters. The molecule has 0 spiro atoms. The van der Waals surface area contributed by atoms with Crippen molar-refractivity contribution in [2.24, 2.45) is 5.92 Å². The number of amides is 1. The Bertz CT molecular complexity index is 735. The lowest BCUT2D eigenvalue weighted by molar-refractivity contribution is 0.0943. The maximum atomic E-state index is 13.0. The Balaban J connectivity index is 1.54. The normalized spacial score (nSPS) is 20.1. The summed E-state index contributed by atoms with van der Waals surface area (Å²) in [6, 6.07) is 1.48. The highest BCUT2D eigenvalue weighted by Gasteiger charge is 2.27. The summed E-state index contributed by atoms with van der Waals surface area (Å²) in [4.78, 5) is 27.9. The highest BCUT2D eigenvalue weighted by atomic mass is 16.5. The van der Waals surface area contributed by atoms with E-state index < -0.39 is 0 Å². The van der Waals surface area contributed by atoms with Gasteiger partial charge in [0.2, 0.25) is 0 Å². The van der Waals surface area contributed by atoms with Crippen LogP contribution in [-0.2, 0) is 17.7 Å². The van der Waals surface area contributed by atoms with Crippen molar-refractivity contribution in [2.75, 3.05) is 46.0 Å². The van der Waals surface area contributed by atoms with Gasteiger partial charge in [0.25, 0.3) is 11.5 Å². The van der Waals surface area contributed by atoms with Crippen molar-refractivity contribution >= 4 is 5.91 Å². The third kappa shape index (κ3) is 4.52. The molecule has 1 aliphatic carbocycles. The Labute approximate surface area is 159 Å². The molecule has 1 N–H and O–H groups in total. The molecule has 148 valence electrons. The third-order valence-corrected chi connectivity index (χ3v) is 5.63. The van der Waals surface area contributed by atoms with Crippen LogP contribution in [0.1, 0.15) is 41.7 Å². The summed E-state index contributed by atoms with van der Waals surface area (Å²) in [5.74, 6) is 0.838. The molecule has 0 bridgehead atoms. The Morgan fingerprint density at radius 3 is 2.81 bits per heavy atom. The minimum Gasteiger partial charge on any atom is -0.492 e. The van der Waals surface area contributed by atoms with E-state index in [1.54, 1.807) is 4.57 Å². The van der Waals surface area contributed by atoms with Crippen LogP contribution in [0.5, 0.6) is 5.75 Å². The molecule has 7 nitrogen and oxygen atoms in total. The molecule has 1 amide bonds. The Morgan fingerprint density at radius 2 is 2.04 bits per heavy atom. The number of likely N-dealkylation sites (tertiary alicyclic amines) is 1. The first-order valence-corrected chi connectivity index (χ1v) is 10.2. The van der Waals surface area contributed by atoms with Gasteiger partial charge in [0.05, 0.1) is 19.8 Å². The molecule has 3 heterocycles. The number of hydrogen-bond donors (Lipinski definition) is 1. The molecule has 0 atom stereocenters. The predicted octanol–water partition coefficient (Wildman–Crippen LogP) is 1.04. The van der Waals surface area contributed by atoms with Crippen molar-refractivity contribution in [3.05, 3.63) is 27.7 Å². The summed E-state index contributed by atoms with van der Waals surface area (Å²) in [5.41, 5.74) is 1.14. The summed E-state index contributed by atoms with van der Waals surface area (Å²) in [6.45, 7) is 5.75. The molecule has 1 saturated heterocycles. The lowest BCUT2D eigenvalue weighted by atomic mass is 10.1. The average Bonchev–Trinajstić information content (AvgIpc) is 3.40. The second-order valence-corrected chi connectivity index (χ2v) is 7.74. The first kappa shape index (κ1) is 18.5. The highest BCUT2D eigenvalue weighted by molar-refractivity contribution is 5.98. The van der Waals surface area contributed by atoms with E-state index in [-0.39, 0.29) is 11.5 Å². The minimum absolute atomic E-state index is 0.116. The van der Waals surface area contributed by atoms with E-state index in [0.717, 1.165) is 38.2 Å². The number of nitrogens with one attached hydrogen (secondary N) is 1. The van der Waals surface area contributed by atoms with Gasteiger partial charge in [-0.2, -0.15) is 0 Å². The standard InChI is InChI=1S/C20H29N3O4/c24-18-13-17(27-14-15-3-4-15)19(16-5-11-26-12-10-23(16)18)20(25)21-6-9-22-7-1-2-8-22/h13,15H,1-12,14H2,(H,21,25). The van der Waals surface area contributed by atoms with Gasteiger partial charge < -0.3 is 24.3 Å². The van der Waals surface area contributed by atoms with Crippen molar-refractivity contribution < 1.29 is 14.3 Å². The number of hydrogen-bond acceptors (Lipinski definition) is 5. The van der Waals surface area contributed by atoms with E-state index >= 15 is 0 Å². The monoisotopic (exact) mass is 375 g/mol. The van der Waals surface area contributed by atoms with E-state index in [9.17, 15) is 9.59 Å². The van der Waals surface area contributed by atoms with Crippen molar-refractivity contribution in [1.29, 1.82) is 0 Å². The largest absolute Gasteiger partial charge is 0.492 e. The zero-order valence-electron chi connectivity index (χ0n) is 15.9. The zero-order valence-corrected chi connectivity index (χ0v) is 15.9. The quantitative estimate of drug-likeness (QED) is 0.771. The average molecular weight is 375 g/mol. The minimum atomic E-state index is -0.148. The molecule has 27 heavy (non-hydrogen) atoms. The lowest BCUT2D eigenvalue weighted by Crippen LogP contribution is -2.36. The van der Waals surface area contributed by atoms with E-state index in [4.69, 9.17) is 9.47 Å². The lowest BCUT2D eigenvalue weighted by Gasteiger charge is -2.19. The smallest absolute Gasteiger partial charge is 0.256 e. The van der Waals surface area contributed by atoms with Gasteiger partial charge >= 0.3 is 0 Å². The molecule has 2 aliphatic heterocycles. The van der Waals surface area contributed by atoms with Gasteiger partial charge in [-0.1, -0.05) is 0 Å². The summed E-state index contributed by atoms with van der Waals surface area (Å²) in [7, 11) is 0. The number of pyridine rings is 1. The van der Waals surface area contributed by atoms with Crippen LogP contribution in [-0.4, -0.2) is 61.4 Å². The van der Waals surface area contributed by atoms with Gasteiger partial charge in [0.1, 0.15) is 11.3 Å². The molecule has 0 aromatic carbocycles. The van der Waals surface area contributed by atoms with Gasteiger partial charge in [-0.3, -0.25) is 9.59 Å². The van der Waals surface area contributed by atoms with Crippen LogP contribution >= 0.6 is 0 Å². The fourth-order valence-corrected chi connectivity index (χ4v) is 3.88. The Hall–Kier alpha value is -1.86. The maximum Gasteiger partial charge on any atom is 0.256 e. The number of fused-ring (bicyclic) bond motifs is 1.